The number of carbonyl (C=O) groups excluding carboxylic acids is 1. The molecule has 1 amide bonds. The zero-order chi connectivity index (χ0) is 6.41. The number of carbonyl (C=O) groups is 1. The second kappa shape index (κ2) is 4.71. The topological polar surface area (TPSA) is 52.2 Å². The molecular weight excluding hydrogens is 221 g/mol. The van der Waals surface area contributed by atoms with E-state index in [1.807, 2.05) is 22.6 Å². The van der Waals surface area contributed by atoms with Crippen molar-refractivity contribution in [2.75, 3.05) is 4.43 Å². The fourth-order valence-electron chi connectivity index (χ4n) is 0.129. The Bertz CT molecular complexity index is 135. The lowest BCUT2D eigenvalue weighted by Crippen LogP contribution is -2.33. The van der Waals surface area contributed by atoms with Crippen LogP contribution in [0.2, 0.25) is 0 Å². The Balaban J connectivity index is 3.29. The van der Waals surface area contributed by atoms with Gasteiger partial charge < -0.3 is 15.2 Å². The summed E-state index contributed by atoms with van der Waals surface area (Å²) < 4.78 is 0.609. The fraction of sp³-hybridized carbons (Fsp3) is 0.250. The Labute approximate surface area is 60.6 Å². The fourth-order valence-corrected chi connectivity index (χ4v) is 0.319. The molecule has 0 atom stereocenters. The van der Waals surface area contributed by atoms with Crippen molar-refractivity contribution in [3.05, 3.63) is 0 Å². The quantitative estimate of drug-likeness (QED) is 0.256. The van der Waals surface area contributed by atoms with Gasteiger partial charge in [-0.3, -0.25) is 0 Å². The van der Waals surface area contributed by atoms with Crippen molar-refractivity contribution in [1.82, 2.24) is 5.32 Å². The first-order chi connectivity index (χ1) is 3.77. The predicted octanol–water partition coefficient (Wildman–Crippen LogP) is -0.685. The number of hydrogen-bond acceptors (Lipinski definition) is 2. The van der Waals surface area contributed by atoms with Gasteiger partial charge in [-0.1, -0.05) is 28.5 Å². The molecule has 0 aliphatic heterocycles. The molecule has 0 aromatic heterocycles. The summed E-state index contributed by atoms with van der Waals surface area (Å²) >= 11 is 2.01. The molecule has 44 valence electrons. The Morgan fingerprint density at radius 2 is 2.50 bits per heavy atom. The van der Waals surface area contributed by atoms with E-state index in [4.69, 9.17) is 0 Å². The van der Waals surface area contributed by atoms with Crippen LogP contribution in [0.5, 0.6) is 0 Å². The average molecular weight is 224 g/mol. The van der Waals surface area contributed by atoms with Crippen molar-refractivity contribution in [1.29, 1.82) is 0 Å². The summed E-state index contributed by atoms with van der Waals surface area (Å²) in [5, 5.41) is 11.3. The number of halogens is 1. The van der Waals surface area contributed by atoms with E-state index in [1.54, 1.807) is 5.32 Å². The van der Waals surface area contributed by atoms with E-state index in [9.17, 15) is 9.90 Å². The molecule has 0 aromatic rings. The first kappa shape index (κ1) is 7.56. The summed E-state index contributed by atoms with van der Waals surface area (Å²) in [5.74, 6) is 2.48. The highest BCUT2D eigenvalue weighted by atomic mass is 127. The zero-order valence-electron chi connectivity index (χ0n) is 3.90. The van der Waals surface area contributed by atoms with Gasteiger partial charge in [0, 0.05) is 6.04 Å². The monoisotopic (exact) mass is 224 g/mol. The first-order valence-corrected chi connectivity index (χ1v) is 3.30. The molecule has 8 heavy (non-hydrogen) atoms. The minimum Gasteiger partial charge on any atom is -0.529 e. The van der Waals surface area contributed by atoms with Crippen LogP contribution < -0.4 is 10.4 Å². The van der Waals surface area contributed by atoms with Crippen molar-refractivity contribution in [2.24, 2.45) is 0 Å². The summed E-state index contributed by atoms with van der Waals surface area (Å²) in [6.45, 7) is 0. The summed E-state index contributed by atoms with van der Waals surface area (Å²) in [4.78, 5) is 9.55. The van der Waals surface area contributed by atoms with Gasteiger partial charge in [-0.2, -0.15) is 0 Å². The van der Waals surface area contributed by atoms with Crippen molar-refractivity contribution < 1.29 is 9.90 Å². The van der Waals surface area contributed by atoms with Gasteiger partial charge in [-0.15, -0.1) is 0 Å². The first-order valence-electron chi connectivity index (χ1n) is 1.78. The molecule has 0 saturated carbocycles. The highest BCUT2D eigenvalue weighted by Crippen LogP contribution is 1.72. The number of alkyl halides is 1. The molecule has 0 unspecified atom stereocenters. The molecule has 3 nitrogen and oxygen atoms in total. The summed E-state index contributed by atoms with van der Waals surface area (Å²) in [6, 6.07) is 2.16. The molecular formula is C4H3INO2-. The van der Waals surface area contributed by atoms with Crippen LogP contribution in [0.15, 0.2) is 0 Å². The van der Waals surface area contributed by atoms with Crippen LogP contribution in [0.1, 0.15) is 0 Å². The number of amides is 1. The Morgan fingerprint density at radius 1 is 1.88 bits per heavy atom. The van der Waals surface area contributed by atoms with E-state index < -0.39 is 6.09 Å². The SMILES string of the molecule is O=C([O-])NC#CCI. The third-order valence-electron chi connectivity index (χ3n) is 0.320. The van der Waals surface area contributed by atoms with Gasteiger partial charge in [-0.05, 0) is 0 Å². The highest BCUT2D eigenvalue weighted by molar-refractivity contribution is 14.1. The van der Waals surface area contributed by atoms with E-state index in [0.29, 0.717) is 4.43 Å². The zero-order valence-corrected chi connectivity index (χ0v) is 6.06. The van der Waals surface area contributed by atoms with Gasteiger partial charge in [0.1, 0.15) is 6.09 Å². The molecule has 1 N–H and O–H groups in total. The van der Waals surface area contributed by atoms with Crippen LogP contribution in [0.3, 0.4) is 0 Å². The lowest BCUT2D eigenvalue weighted by atomic mass is 10.8. The van der Waals surface area contributed by atoms with Crippen molar-refractivity contribution in [3.8, 4) is 12.0 Å². The van der Waals surface area contributed by atoms with Gasteiger partial charge in [0.2, 0.25) is 0 Å². The number of hydrogen-bond donors (Lipinski definition) is 1. The standard InChI is InChI=1S/C4H4INO2/c5-2-1-3-6-4(7)8/h6H,2H2,(H,7,8)/p-1. The smallest absolute Gasteiger partial charge is 0.146 e. The molecule has 0 aliphatic rings. The van der Waals surface area contributed by atoms with Crippen molar-refractivity contribution >= 4 is 28.7 Å². The molecule has 0 saturated heterocycles. The summed E-state index contributed by atoms with van der Waals surface area (Å²) in [5.41, 5.74) is 0. The van der Waals surface area contributed by atoms with Crippen LogP contribution in [0, 0.1) is 12.0 Å². The van der Waals surface area contributed by atoms with Crippen LogP contribution >= 0.6 is 22.6 Å². The van der Waals surface area contributed by atoms with Gasteiger partial charge in [-0.25, -0.2) is 0 Å². The van der Waals surface area contributed by atoms with Gasteiger partial charge >= 0.3 is 0 Å². The number of rotatable bonds is 0. The van der Waals surface area contributed by atoms with Gasteiger partial charge in [0.05, 0.1) is 4.43 Å². The maximum atomic E-state index is 9.55. The van der Waals surface area contributed by atoms with E-state index in [1.165, 1.54) is 0 Å². The number of nitrogens with one attached hydrogen (secondary N) is 1. The minimum absolute atomic E-state index is 0.609. The normalized spacial score (nSPS) is 6.62. The van der Waals surface area contributed by atoms with Crippen molar-refractivity contribution in [3.63, 3.8) is 0 Å². The van der Waals surface area contributed by atoms with Crippen LogP contribution in [-0.2, 0) is 0 Å². The Morgan fingerprint density at radius 3 is 2.88 bits per heavy atom. The Kier molecular flexibility index (Phi) is 4.45. The largest absolute Gasteiger partial charge is 0.529 e. The van der Waals surface area contributed by atoms with Gasteiger partial charge in [0.25, 0.3) is 0 Å². The second-order valence-electron chi connectivity index (χ2n) is 0.848. The molecule has 0 spiro atoms. The van der Waals surface area contributed by atoms with Crippen LogP contribution in [-0.4, -0.2) is 10.5 Å². The Hall–Kier alpha value is -0.440. The highest BCUT2D eigenvalue weighted by Gasteiger charge is 1.68. The maximum absolute atomic E-state index is 9.55. The minimum atomic E-state index is -1.36. The third kappa shape index (κ3) is 5.56. The molecule has 0 bridgehead atoms. The number of carboxylic acid groups (broad SMARTS) is 1. The lowest BCUT2D eigenvalue weighted by molar-refractivity contribution is -0.249. The molecule has 0 aromatic carbocycles. The second-order valence-corrected chi connectivity index (χ2v) is 1.61. The van der Waals surface area contributed by atoms with Crippen LogP contribution in [0.4, 0.5) is 4.79 Å². The molecule has 0 rings (SSSR count). The molecule has 0 heterocycles. The predicted molar refractivity (Wildman–Crippen MR) is 35.2 cm³/mol. The van der Waals surface area contributed by atoms with E-state index in [0.717, 1.165) is 0 Å². The molecule has 0 aliphatic carbocycles. The van der Waals surface area contributed by atoms with Gasteiger partial charge in [0.15, 0.2) is 0 Å². The third-order valence-corrected chi connectivity index (χ3v) is 0.701. The molecule has 0 radical (unpaired) electrons. The maximum Gasteiger partial charge on any atom is 0.146 e. The van der Waals surface area contributed by atoms with Crippen LogP contribution in [0.25, 0.3) is 0 Å². The molecule has 0 fully saturated rings. The van der Waals surface area contributed by atoms with E-state index >= 15 is 0 Å². The lowest BCUT2D eigenvalue weighted by Gasteiger charge is -1.92. The van der Waals surface area contributed by atoms with Crippen molar-refractivity contribution in [2.45, 2.75) is 0 Å². The summed E-state index contributed by atoms with van der Waals surface area (Å²) in [6.07, 6.45) is -1.36. The average Bonchev–Trinajstić information content (AvgIpc) is 1.66. The summed E-state index contributed by atoms with van der Waals surface area (Å²) in [7, 11) is 0. The van der Waals surface area contributed by atoms with E-state index in [-0.39, 0.29) is 0 Å². The van der Waals surface area contributed by atoms with E-state index in [2.05, 4.69) is 12.0 Å². The molecule has 4 heteroatoms.